The highest BCUT2D eigenvalue weighted by molar-refractivity contribution is 7.91. The summed E-state index contributed by atoms with van der Waals surface area (Å²) in [5.74, 6) is 0.513. The first kappa shape index (κ1) is 13.0. The molecule has 2 rings (SSSR count). The Hall–Kier alpha value is -0.430. The number of nitrogens with two attached hydrogens (primary N) is 1. The van der Waals surface area contributed by atoms with Gasteiger partial charge in [-0.1, -0.05) is 12.8 Å². The van der Waals surface area contributed by atoms with E-state index in [9.17, 15) is 8.42 Å². The van der Waals surface area contributed by atoms with E-state index in [1.165, 1.54) is 24.2 Å². The summed E-state index contributed by atoms with van der Waals surface area (Å²) in [4.78, 5) is 0.895. The number of sulfonamides is 1. The highest BCUT2D eigenvalue weighted by Crippen LogP contribution is 2.25. The van der Waals surface area contributed by atoms with Crippen LogP contribution in [-0.2, 0) is 16.6 Å². The number of nitrogens with one attached hydrogen (secondary N) is 1. The van der Waals surface area contributed by atoms with Gasteiger partial charge in [0.1, 0.15) is 4.21 Å². The van der Waals surface area contributed by atoms with Crippen molar-refractivity contribution in [3.05, 3.63) is 17.0 Å². The molecule has 0 saturated heterocycles. The van der Waals surface area contributed by atoms with E-state index in [0.717, 1.165) is 17.7 Å². The molecule has 4 nitrogen and oxygen atoms in total. The van der Waals surface area contributed by atoms with Gasteiger partial charge in [-0.3, -0.25) is 0 Å². The molecule has 0 aromatic carbocycles. The zero-order valence-corrected chi connectivity index (χ0v) is 11.3. The molecule has 0 atom stereocenters. The van der Waals surface area contributed by atoms with Crippen LogP contribution >= 0.6 is 11.3 Å². The highest BCUT2D eigenvalue weighted by atomic mass is 32.2. The molecule has 0 spiro atoms. The first-order chi connectivity index (χ1) is 8.12. The van der Waals surface area contributed by atoms with Crippen LogP contribution in [0.3, 0.4) is 0 Å². The highest BCUT2D eigenvalue weighted by Gasteiger charge is 2.20. The molecule has 1 aromatic rings. The first-order valence-corrected chi connectivity index (χ1v) is 8.20. The molecular weight excluding hydrogens is 256 g/mol. The molecule has 0 unspecified atom stereocenters. The van der Waals surface area contributed by atoms with Crippen LogP contribution in [0.4, 0.5) is 0 Å². The lowest BCUT2D eigenvalue weighted by Gasteiger charge is -2.09. The average Bonchev–Trinajstić information content (AvgIpc) is 2.98. The van der Waals surface area contributed by atoms with Gasteiger partial charge >= 0.3 is 0 Å². The van der Waals surface area contributed by atoms with E-state index >= 15 is 0 Å². The van der Waals surface area contributed by atoms with Gasteiger partial charge in [0.25, 0.3) is 0 Å². The van der Waals surface area contributed by atoms with E-state index < -0.39 is 10.0 Å². The molecule has 1 aliphatic rings. The van der Waals surface area contributed by atoms with Crippen LogP contribution in [0.5, 0.6) is 0 Å². The standard InChI is InChI=1S/C11H18N2O2S2/c12-7-10-5-6-11(16-10)17(14,15)13-8-9-3-1-2-4-9/h5-6,9,13H,1-4,7-8,12H2. The molecule has 0 aliphatic heterocycles. The maximum Gasteiger partial charge on any atom is 0.250 e. The van der Waals surface area contributed by atoms with E-state index in [1.807, 2.05) is 0 Å². The Morgan fingerprint density at radius 1 is 1.35 bits per heavy atom. The third-order valence-electron chi connectivity index (χ3n) is 3.14. The summed E-state index contributed by atoms with van der Waals surface area (Å²) in [6.07, 6.45) is 4.73. The Bertz CT molecular complexity index is 462. The summed E-state index contributed by atoms with van der Waals surface area (Å²) in [6.45, 7) is 0.959. The number of rotatable bonds is 5. The average molecular weight is 274 g/mol. The van der Waals surface area contributed by atoms with Gasteiger partial charge in [0.15, 0.2) is 0 Å². The molecule has 6 heteroatoms. The van der Waals surface area contributed by atoms with E-state index in [1.54, 1.807) is 12.1 Å². The van der Waals surface area contributed by atoms with Crippen LogP contribution in [0.2, 0.25) is 0 Å². The zero-order chi connectivity index (χ0) is 12.3. The normalized spacial score (nSPS) is 17.7. The third-order valence-corrected chi connectivity index (χ3v) is 6.16. The van der Waals surface area contributed by atoms with Crippen LogP contribution in [0.15, 0.2) is 16.3 Å². The summed E-state index contributed by atoms with van der Waals surface area (Å²) in [5, 5.41) is 0. The first-order valence-electron chi connectivity index (χ1n) is 5.90. The maximum absolute atomic E-state index is 12.0. The molecule has 0 bridgehead atoms. The number of thiophene rings is 1. The third kappa shape index (κ3) is 3.28. The van der Waals surface area contributed by atoms with Crippen LogP contribution < -0.4 is 10.5 Å². The predicted octanol–water partition coefficient (Wildman–Crippen LogP) is 1.68. The quantitative estimate of drug-likeness (QED) is 0.858. The lowest BCUT2D eigenvalue weighted by Crippen LogP contribution is -2.27. The molecular formula is C11H18N2O2S2. The van der Waals surface area contributed by atoms with Crippen molar-refractivity contribution < 1.29 is 8.42 Å². The number of hydrogen-bond donors (Lipinski definition) is 2. The molecule has 3 N–H and O–H groups in total. The lowest BCUT2D eigenvalue weighted by atomic mass is 10.1. The van der Waals surface area contributed by atoms with Crippen molar-refractivity contribution in [2.75, 3.05) is 6.54 Å². The summed E-state index contributed by atoms with van der Waals surface area (Å²) in [7, 11) is -3.32. The van der Waals surface area contributed by atoms with E-state index in [2.05, 4.69) is 4.72 Å². The molecule has 0 amide bonds. The summed E-state index contributed by atoms with van der Waals surface area (Å²) in [5.41, 5.74) is 5.48. The molecule has 1 fully saturated rings. The topological polar surface area (TPSA) is 72.2 Å². The second kappa shape index (κ2) is 5.48. The van der Waals surface area contributed by atoms with Crippen LogP contribution in [0.1, 0.15) is 30.6 Å². The Kier molecular flexibility index (Phi) is 4.19. The van der Waals surface area contributed by atoms with E-state index in [0.29, 0.717) is 23.2 Å². The summed E-state index contributed by atoms with van der Waals surface area (Å²) >= 11 is 1.25. The van der Waals surface area contributed by atoms with E-state index in [-0.39, 0.29) is 0 Å². The Balaban J connectivity index is 1.97. The molecule has 1 aromatic heterocycles. The second-order valence-electron chi connectivity index (χ2n) is 4.43. The van der Waals surface area contributed by atoms with Crippen molar-refractivity contribution in [1.82, 2.24) is 4.72 Å². The number of hydrogen-bond acceptors (Lipinski definition) is 4. The minimum Gasteiger partial charge on any atom is -0.326 e. The van der Waals surface area contributed by atoms with Crippen molar-refractivity contribution in [1.29, 1.82) is 0 Å². The monoisotopic (exact) mass is 274 g/mol. The van der Waals surface area contributed by atoms with Crippen LogP contribution in [0, 0.1) is 5.92 Å². The smallest absolute Gasteiger partial charge is 0.250 e. The Morgan fingerprint density at radius 2 is 2.06 bits per heavy atom. The molecule has 0 radical (unpaired) electrons. The predicted molar refractivity (Wildman–Crippen MR) is 69.4 cm³/mol. The van der Waals surface area contributed by atoms with Gasteiger partial charge in [-0.05, 0) is 30.9 Å². The molecule has 96 valence electrons. The van der Waals surface area contributed by atoms with Gasteiger partial charge in [-0.25, -0.2) is 13.1 Å². The van der Waals surface area contributed by atoms with Crippen molar-refractivity contribution in [3.8, 4) is 0 Å². The van der Waals surface area contributed by atoms with Crippen LogP contribution in [0.25, 0.3) is 0 Å². The molecule has 17 heavy (non-hydrogen) atoms. The largest absolute Gasteiger partial charge is 0.326 e. The SMILES string of the molecule is NCc1ccc(S(=O)(=O)NCC2CCCC2)s1. The fourth-order valence-corrected chi connectivity index (χ4v) is 4.52. The van der Waals surface area contributed by atoms with E-state index in [4.69, 9.17) is 5.73 Å². The zero-order valence-electron chi connectivity index (χ0n) is 9.69. The minimum absolute atomic E-state index is 0.371. The van der Waals surface area contributed by atoms with Gasteiger partial charge in [-0.15, -0.1) is 11.3 Å². The van der Waals surface area contributed by atoms with Crippen LogP contribution in [-0.4, -0.2) is 15.0 Å². The Labute approximate surface area is 106 Å². The van der Waals surface area contributed by atoms with Gasteiger partial charge in [0.05, 0.1) is 0 Å². The fraction of sp³-hybridized carbons (Fsp3) is 0.636. The summed E-state index contributed by atoms with van der Waals surface area (Å²) in [6, 6.07) is 3.40. The lowest BCUT2D eigenvalue weighted by molar-refractivity contribution is 0.520. The molecule has 1 saturated carbocycles. The van der Waals surface area contributed by atoms with Gasteiger partial charge < -0.3 is 5.73 Å². The Morgan fingerprint density at radius 3 is 2.65 bits per heavy atom. The van der Waals surface area contributed by atoms with Gasteiger partial charge in [-0.2, -0.15) is 0 Å². The van der Waals surface area contributed by atoms with Crippen molar-refractivity contribution in [2.45, 2.75) is 36.4 Å². The van der Waals surface area contributed by atoms with Crippen molar-refractivity contribution in [3.63, 3.8) is 0 Å². The minimum atomic E-state index is -3.32. The molecule has 1 aliphatic carbocycles. The molecule has 1 heterocycles. The maximum atomic E-state index is 12.0. The van der Waals surface area contributed by atoms with Gasteiger partial charge in [0, 0.05) is 18.0 Å². The van der Waals surface area contributed by atoms with Crippen molar-refractivity contribution in [2.24, 2.45) is 11.7 Å². The van der Waals surface area contributed by atoms with Gasteiger partial charge in [0.2, 0.25) is 10.0 Å². The van der Waals surface area contributed by atoms with Crippen molar-refractivity contribution >= 4 is 21.4 Å². The fourth-order valence-electron chi connectivity index (χ4n) is 2.13. The summed E-state index contributed by atoms with van der Waals surface area (Å²) < 4.78 is 27.0. The second-order valence-corrected chi connectivity index (χ2v) is 7.59.